The number of benzene rings is 1. The van der Waals surface area contributed by atoms with Gasteiger partial charge in [0.15, 0.2) is 11.5 Å². The first kappa shape index (κ1) is 19.7. The SMILES string of the molecule is CCCc1cc(C2CC(CCC3CCCCO3)N(CC=O)C2)cc2c1OCO2. The fraction of sp³-hybridized carbons (Fsp3) is 0.696. The molecule has 3 atom stereocenters. The van der Waals surface area contributed by atoms with E-state index < -0.39 is 0 Å². The first-order valence-electron chi connectivity index (χ1n) is 11.0. The first-order valence-corrected chi connectivity index (χ1v) is 11.0. The molecule has 0 N–H and O–H groups in total. The number of hydrogen-bond donors (Lipinski definition) is 0. The summed E-state index contributed by atoms with van der Waals surface area (Å²) < 4.78 is 17.3. The second-order valence-electron chi connectivity index (χ2n) is 8.44. The van der Waals surface area contributed by atoms with Crippen LogP contribution in [0, 0.1) is 0 Å². The number of likely N-dealkylation sites (tertiary alicyclic amines) is 1. The normalized spacial score (nSPS) is 27.2. The minimum absolute atomic E-state index is 0.321. The third-order valence-electron chi connectivity index (χ3n) is 6.50. The molecule has 2 fully saturated rings. The van der Waals surface area contributed by atoms with E-state index in [4.69, 9.17) is 14.2 Å². The van der Waals surface area contributed by atoms with Crippen molar-refractivity contribution in [2.24, 2.45) is 0 Å². The van der Waals surface area contributed by atoms with E-state index in [1.807, 2.05) is 0 Å². The van der Waals surface area contributed by atoms with Crippen molar-refractivity contribution < 1.29 is 19.0 Å². The average Bonchev–Trinajstić information content (AvgIpc) is 3.35. The van der Waals surface area contributed by atoms with Crippen molar-refractivity contribution >= 4 is 6.29 Å². The Morgan fingerprint density at radius 2 is 2.14 bits per heavy atom. The highest BCUT2D eigenvalue weighted by molar-refractivity contribution is 5.53. The van der Waals surface area contributed by atoms with Crippen LogP contribution >= 0.6 is 0 Å². The summed E-state index contributed by atoms with van der Waals surface area (Å²) in [5.74, 6) is 2.27. The first-order chi connectivity index (χ1) is 13.8. The third kappa shape index (κ3) is 4.36. The van der Waals surface area contributed by atoms with E-state index in [0.717, 1.165) is 63.0 Å². The fourth-order valence-electron chi connectivity index (χ4n) is 5.06. The molecule has 0 aliphatic carbocycles. The van der Waals surface area contributed by atoms with Gasteiger partial charge in [-0.3, -0.25) is 4.90 Å². The van der Waals surface area contributed by atoms with E-state index in [0.29, 0.717) is 31.4 Å². The van der Waals surface area contributed by atoms with Crippen LogP contribution in [-0.4, -0.2) is 49.8 Å². The number of carbonyl (C=O) groups excluding carboxylic acids is 1. The quantitative estimate of drug-likeness (QED) is 0.629. The molecule has 2 saturated heterocycles. The number of ether oxygens (including phenoxy) is 3. The standard InChI is InChI=1S/C23H33NO4/c1-2-5-17-12-18(14-22-23(17)28-16-27-22)19-13-20(24(15-19)9-10-25)7-8-21-6-3-4-11-26-21/h10,12,14,19-21H,2-9,11,13,15-16H2,1H3. The molecule has 3 heterocycles. The molecular formula is C23H33NO4. The van der Waals surface area contributed by atoms with Crippen LogP contribution in [0.4, 0.5) is 0 Å². The van der Waals surface area contributed by atoms with Crippen LogP contribution in [0.2, 0.25) is 0 Å². The molecule has 5 heteroatoms. The molecular weight excluding hydrogens is 354 g/mol. The van der Waals surface area contributed by atoms with Gasteiger partial charge in [0.2, 0.25) is 6.79 Å². The highest BCUT2D eigenvalue weighted by Gasteiger charge is 2.34. The van der Waals surface area contributed by atoms with Gasteiger partial charge in [0, 0.05) is 19.2 Å². The Morgan fingerprint density at radius 1 is 1.21 bits per heavy atom. The Balaban J connectivity index is 1.46. The van der Waals surface area contributed by atoms with Crippen LogP contribution in [-0.2, 0) is 16.0 Å². The van der Waals surface area contributed by atoms with Crippen molar-refractivity contribution in [3.63, 3.8) is 0 Å². The van der Waals surface area contributed by atoms with Crippen LogP contribution < -0.4 is 9.47 Å². The Hall–Kier alpha value is -1.59. The molecule has 5 nitrogen and oxygen atoms in total. The molecule has 154 valence electrons. The summed E-state index contributed by atoms with van der Waals surface area (Å²) in [6.45, 7) is 4.90. The molecule has 0 aromatic heterocycles. The van der Waals surface area contributed by atoms with Gasteiger partial charge in [0.25, 0.3) is 0 Å². The molecule has 3 aliphatic heterocycles. The molecule has 1 aromatic rings. The molecule has 3 unspecified atom stereocenters. The van der Waals surface area contributed by atoms with E-state index in [-0.39, 0.29) is 0 Å². The summed E-state index contributed by atoms with van der Waals surface area (Å²) in [5.41, 5.74) is 2.59. The maximum absolute atomic E-state index is 11.2. The maximum Gasteiger partial charge on any atom is 0.231 e. The molecule has 0 radical (unpaired) electrons. The van der Waals surface area contributed by atoms with Gasteiger partial charge in [-0.25, -0.2) is 0 Å². The Labute approximate surface area is 168 Å². The Bertz CT molecular complexity index is 671. The summed E-state index contributed by atoms with van der Waals surface area (Å²) in [5, 5.41) is 0. The zero-order valence-electron chi connectivity index (χ0n) is 17.0. The van der Waals surface area contributed by atoms with E-state index in [2.05, 4.69) is 24.0 Å². The van der Waals surface area contributed by atoms with Crippen molar-refractivity contribution in [3.05, 3.63) is 23.3 Å². The number of hydrogen-bond acceptors (Lipinski definition) is 5. The van der Waals surface area contributed by atoms with Gasteiger partial charge in [0.1, 0.15) is 6.29 Å². The van der Waals surface area contributed by atoms with Crippen molar-refractivity contribution in [1.82, 2.24) is 4.90 Å². The summed E-state index contributed by atoms with van der Waals surface area (Å²) >= 11 is 0. The van der Waals surface area contributed by atoms with Gasteiger partial charge in [-0.15, -0.1) is 0 Å². The van der Waals surface area contributed by atoms with Gasteiger partial charge in [0.05, 0.1) is 12.6 Å². The topological polar surface area (TPSA) is 48.0 Å². The van der Waals surface area contributed by atoms with Gasteiger partial charge < -0.3 is 19.0 Å². The lowest BCUT2D eigenvalue weighted by Gasteiger charge is -2.26. The lowest BCUT2D eigenvalue weighted by atomic mass is 9.91. The number of carbonyl (C=O) groups is 1. The van der Waals surface area contributed by atoms with E-state index >= 15 is 0 Å². The zero-order valence-corrected chi connectivity index (χ0v) is 17.0. The van der Waals surface area contributed by atoms with Gasteiger partial charge in [-0.05, 0) is 68.1 Å². The Kier molecular flexibility index (Phi) is 6.53. The summed E-state index contributed by atoms with van der Waals surface area (Å²) in [7, 11) is 0. The lowest BCUT2D eigenvalue weighted by molar-refractivity contribution is -0.109. The maximum atomic E-state index is 11.2. The monoisotopic (exact) mass is 387 g/mol. The molecule has 28 heavy (non-hydrogen) atoms. The minimum Gasteiger partial charge on any atom is -0.454 e. The molecule has 0 bridgehead atoms. The van der Waals surface area contributed by atoms with Crippen LogP contribution in [0.25, 0.3) is 0 Å². The molecule has 0 spiro atoms. The molecule has 0 saturated carbocycles. The van der Waals surface area contributed by atoms with Crippen molar-refractivity contribution in [3.8, 4) is 11.5 Å². The summed E-state index contributed by atoms with van der Waals surface area (Å²) in [6, 6.07) is 4.94. The van der Waals surface area contributed by atoms with Crippen molar-refractivity contribution in [1.29, 1.82) is 0 Å². The predicted molar refractivity (Wildman–Crippen MR) is 108 cm³/mol. The number of aryl methyl sites for hydroxylation is 1. The summed E-state index contributed by atoms with van der Waals surface area (Å²) in [4.78, 5) is 13.6. The zero-order chi connectivity index (χ0) is 19.3. The number of aldehydes is 1. The highest BCUT2D eigenvalue weighted by Crippen LogP contribution is 2.42. The van der Waals surface area contributed by atoms with E-state index in [1.165, 1.54) is 30.4 Å². The van der Waals surface area contributed by atoms with Gasteiger partial charge >= 0.3 is 0 Å². The number of fused-ring (bicyclic) bond motifs is 1. The minimum atomic E-state index is 0.321. The smallest absolute Gasteiger partial charge is 0.231 e. The predicted octanol–water partition coefficient (Wildman–Crippen LogP) is 4.07. The lowest BCUT2D eigenvalue weighted by Crippen LogP contribution is -2.32. The average molecular weight is 388 g/mol. The van der Waals surface area contributed by atoms with Gasteiger partial charge in [-0.2, -0.15) is 0 Å². The molecule has 4 rings (SSSR count). The summed E-state index contributed by atoms with van der Waals surface area (Å²) in [6.07, 6.45) is 10.5. The second-order valence-corrected chi connectivity index (χ2v) is 8.44. The Morgan fingerprint density at radius 3 is 2.93 bits per heavy atom. The van der Waals surface area contributed by atoms with Crippen molar-refractivity contribution in [2.45, 2.75) is 76.4 Å². The van der Waals surface area contributed by atoms with Crippen molar-refractivity contribution in [2.75, 3.05) is 26.5 Å². The molecule has 1 aromatic carbocycles. The molecule has 3 aliphatic rings. The number of rotatable bonds is 8. The van der Waals surface area contributed by atoms with Crippen LogP contribution in [0.5, 0.6) is 11.5 Å². The number of nitrogens with zero attached hydrogens (tertiary/aromatic N) is 1. The molecule has 0 amide bonds. The van der Waals surface area contributed by atoms with E-state index in [9.17, 15) is 4.79 Å². The van der Waals surface area contributed by atoms with Crippen LogP contribution in [0.1, 0.15) is 68.9 Å². The van der Waals surface area contributed by atoms with Gasteiger partial charge in [-0.1, -0.05) is 19.4 Å². The van der Waals surface area contributed by atoms with Crippen LogP contribution in [0.15, 0.2) is 12.1 Å². The van der Waals surface area contributed by atoms with Crippen LogP contribution in [0.3, 0.4) is 0 Å². The van der Waals surface area contributed by atoms with E-state index in [1.54, 1.807) is 0 Å². The second kappa shape index (κ2) is 9.27. The third-order valence-corrected chi connectivity index (χ3v) is 6.50. The largest absolute Gasteiger partial charge is 0.454 e. The highest BCUT2D eigenvalue weighted by atomic mass is 16.7. The fourth-order valence-corrected chi connectivity index (χ4v) is 5.06.